The normalized spacial score (nSPS) is 18.7. The number of urea groups is 2. The molecule has 13 heteroatoms. The molecule has 0 aliphatic carbocycles. The van der Waals surface area contributed by atoms with Gasteiger partial charge in [-0.25, -0.2) is 28.7 Å². The number of hydrogen-bond acceptors (Lipinski definition) is 7. The molecule has 6 amide bonds. The standard InChI is InChI=1S/C34H42FN5O7/c1-21-28(30(42)46-5)29(23-11-13-25(35)14-12-23)40(32(44)37-21)31(43)36-17-7-10-27(41)38-26-9-6-8-24(20-26)22-15-18-39(19-16-22)33(45)47-34(2,3)4/h6,8-9,11-14,20,22,28-29H,7,10,15-19H2,1-5H3,(H,36,43)(H,38,41). The number of aliphatic imine (C=N–C) groups is 1. The second-order valence-corrected chi connectivity index (χ2v) is 12.7. The quantitative estimate of drug-likeness (QED) is 0.271. The summed E-state index contributed by atoms with van der Waals surface area (Å²) in [7, 11) is 1.19. The van der Waals surface area contributed by atoms with Crippen molar-refractivity contribution in [3.63, 3.8) is 0 Å². The van der Waals surface area contributed by atoms with Crippen LogP contribution in [0.3, 0.4) is 0 Å². The third-order valence-corrected chi connectivity index (χ3v) is 8.05. The number of carbonyl (C=O) groups is 5. The van der Waals surface area contributed by atoms with Crippen LogP contribution in [0.2, 0.25) is 0 Å². The molecule has 2 unspecified atom stereocenters. The molecule has 2 atom stereocenters. The number of rotatable bonds is 8. The lowest BCUT2D eigenvalue weighted by atomic mass is 9.87. The number of anilines is 1. The Labute approximate surface area is 273 Å². The van der Waals surface area contributed by atoms with Gasteiger partial charge in [-0.2, -0.15) is 0 Å². The van der Waals surface area contributed by atoms with Gasteiger partial charge in [-0.15, -0.1) is 0 Å². The molecule has 12 nitrogen and oxygen atoms in total. The predicted molar refractivity (Wildman–Crippen MR) is 172 cm³/mol. The number of ether oxygens (including phenoxy) is 2. The molecular weight excluding hydrogens is 609 g/mol. The van der Waals surface area contributed by atoms with Gasteiger partial charge in [0.2, 0.25) is 5.91 Å². The summed E-state index contributed by atoms with van der Waals surface area (Å²) in [5.74, 6) is -2.30. The lowest BCUT2D eigenvalue weighted by molar-refractivity contribution is -0.144. The van der Waals surface area contributed by atoms with E-state index in [4.69, 9.17) is 9.47 Å². The molecule has 2 aromatic carbocycles. The number of halogens is 1. The van der Waals surface area contributed by atoms with Crippen LogP contribution >= 0.6 is 0 Å². The Bertz CT molecular complexity index is 1510. The molecular formula is C34H42FN5O7. The maximum absolute atomic E-state index is 13.7. The van der Waals surface area contributed by atoms with Gasteiger partial charge in [0.25, 0.3) is 0 Å². The van der Waals surface area contributed by atoms with Crippen molar-refractivity contribution in [3.8, 4) is 0 Å². The molecule has 0 bridgehead atoms. The lowest BCUT2D eigenvalue weighted by Crippen LogP contribution is -2.52. The molecule has 4 rings (SSSR count). The fourth-order valence-electron chi connectivity index (χ4n) is 5.76. The van der Waals surface area contributed by atoms with E-state index < -0.39 is 41.4 Å². The largest absolute Gasteiger partial charge is 0.468 e. The van der Waals surface area contributed by atoms with Crippen LogP contribution in [0.4, 0.5) is 24.5 Å². The van der Waals surface area contributed by atoms with E-state index in [0.717, 1.165) is 23.3 Å². The average Bonchev–Trinajstić information content (AvgIpc) is 3.02. The molecule has 1 fully saturated rings. The predicted octanol–water partition coefficient (Wildman–Crippen LogP) is 5.80. The minimum Gasteiger partial charge on any atom is -0.468 e. The van der Waals surface area contributed by atoms with Gasteiger partial charge in [0.15, 0.2) is 0 Å². The Hall–Kier alpha value is -4.81. The topological polar surface area (TPSA) is 147 Å². The molecule has 1 saturated heterocycles. The van der Waals surface area contributed by atoms with E-state index >= 15 is 0 Å². The van der Waals surface area contributed by atoms with Crippen molar-refractivity contribution in [2.45, 2.75) is 70.9 Å². The first-order chi connectivity index (χ1) is 22.3. The Balaban J connectivity index is 1.30. The number of hydrogen-bond donors (Lipinski definition) is 2. The first-order valence-corrected chi connectivity index (χ1v) is 15.6. The molecule has 2 aromatic rings. The van der Waals surface area contributed by atoms with Gasteiger partial charge in [-0.3, -0.25) is 9.59 Å². The van der Waals surface area contributed by atoms with Crippen LogP contribution < -0.4 is 10.6 Å². The van der Waals surface area contributed by atoms with Crippen molar-refractivity contribution in [2.75, 3.05) is 32.1 Å². The van der Waals surface area contributed by atoms with E-state index in [2.05, 4.69) is 15.6 Å². The lowest BCUT2D eigenvalue weighted by Gasteiger charge is -2.36. The van der Waals surface area contributed by atoms with Crippen LogP contribution in [0.5, 0.6) is 0 Å². The Kier molecular flexibility index (Phi) is 11.3. The minimum atomic E-state index is -1.10. The Morgan fingerprint density at radius 2 is 1.70 bits per heavy atom. The smallest absolute Gasteiger partial charge is 0.410 e. The maximum Gasteiger partial charge on any atom is 0.410 e. The monoisotopic (exact) mass is 651 g/mol. The van der Waals surface area contributed by atoms with Crippen LogP contribution in [0.1, 0.15) is 76.5 Å². The zero-order chi connectivity index (χ0) is 34.3. The van der Waals surface area contributed by atoms with Gasteiger partial charge in [0.05, 0.1) is 13.2 Å². The van der Waals surface area contributed by atoms with Gasteiger partial charge in [0, 0.05) is 37.5 Å². The number of imide groups is 1. The van der Waals surface area contributed by atoms with Gasteiger partial charge in [-0.05, 0) is 88.3 Å². The third-order valence-electron chi connectivity index (χ3n) is 8.05. The Morgan fingerprint density at radius 1 is 1.02 bits per heavy atom. The highest BCUT2D eigenvalue weighted by atomic mass is 19.1. The fraction of sp³-hybridized carbons (Fsp3) is 0.471. The van der Waals surface area contributed by atoms with E-state index in [-0.39, 0.29) is 43.0 Å². The second kappa shape index (κ2) is 15.2. The van der Waals surface area contributed by atoms with E-state index in [9.17, 15) is 28.4 Å². The highest BCUT2D eigenvalue weighted by Crippen LogP contribution is 2.35. The number of nitrogens with one attached hydrogen (secondary N) is 2. The zero-order valence-corrected chi connectivity index (χ0v) is 27.4. The highest BCUT2D eigenvalue weighted by Gasteiger charge is 2.45. The first kappa shape index (κ1) is 35.1. The summed E-state index contributed by atoms with van der Waals surface area (Å²) in [4.78, 5) is 70.4. The molecule has 2 aliphatic rings. The van der Waals surface area contributed by atoms with Crippen molar-refractivity contribution in [1.29, 1.82) is 0 Å². The summed E-state index contributed by atoms with van der Waals surface area (Å²) < 4.78 is 24.1. The molecule has 2 aliphatic heterocycles. The summed E-state index contributed by atoms with van der Waals surface area (Å²) in [6.45, 7) is 8.27. The number of nitrogens with zero attached hydrogens (tertiary/aromatic N) is 3. The van der Waals surface area contributed by atoms with Gasteiger partial charge >= 0.3 is 24.1 Å². The summed E-state index contributed by atoms with van der Waals surface area (Å²) in [6, 6.07) is 9.99. The molecule has 0 saturated carbocycles. The fourth-order valence-corrected chi connectivity index (χ4v) is 5.76. The Morgan fingerprint density at radius 3 is 2.34 bits per heavy atom. The maximum atomic E-state index is 13.7. The summed E-state index contributed by atoms with van der Waals surface area (Å²) in [5, 5.41) is 5.53. The van der Waals surface area contributed by atoms with Gasteiger partial charge in [0.1, 0.15) is 17.3 Å². The van der Waals surface area contributed by atoms with E-state index in [1.54, 1.807) is 11.0 Å². The second-order valence-electron chi connectivity index (χ2n) is 12.7. The molecule has 0 spiro atoms. The number of esters is 1. The minimum absolute atomic E-state index is 0.0635. The van der Waals surface area contributed by atoms with Crippen molar-refractivity contribution in [3.05, 3.63) is 65.5 Å². The molecule has 0 radical (unpaired) electrons. The molecule has 2 N–H and O–H groups in total. The summed E-state index contributed by atoms with van der Waals surface area (Å²) >= 11 is 0. The average molecular weight is 652 g/mol. The first-order valence-electron chi connectivity index (χ1n) is 15.6. The SMILES string of the molecule is COC(=O)C1C(C)=NC(=O)N(C(=O)NCCCC(=O)Nc2cccc(C3CCN(C(=O)OC(C)(C)C)CC3)c2)C1c1ccc(F)cc1. The molecule has 252 valence electrons. The van der Waals surface area contributed by atoms with Crippen molar-refractivity contribution in [2.24, 2.45) is 10.9 Å². The number of methoxy groups -OCH3 is 1. The van der Waals surface area contributed by atoms with Crippen molar-refractivity contribution >= 4 is 41.4 Å². The van der Waals surface area contributed by atoms with Crippen molar-refractivity contribution < 1.29 is 37.8 Å². The van der Waals surface area contributed by atoms with Crippen LogP contribution in [-0.2, 0) is 19.1 Å². The van der Waals surface area contributed by atoms with E-state index in [0.29, 0.717) is 24.3 Å². The molecule has 47 heavy (non-hydrogen) atoms. The number of amides is 6. The highest BCUT2D eigenvalue weighted by molar-refractivity contribution is 6.11. The number of likely N-dealkylation sites (tertiary alicyclic amines) is 1. The van der Waals surface area contributed by atoms with Crippen LogP contribution in [0, 0.1) is 11.7 Å². The van der Waals surface area contributed by atoms with Gasteiger partial charge < -0.3 is 25.0 Å². The number of benzene rings is 2. The summed E-state index contributed by atoms with van der Waals surface area (Å²) in [5.41, 5.74) is 1.70. The molecule has 2 heterocycles. The van der Waals surface area contributed by atoms with Crippen LogP contribution in [-0.4, -0.2) is 77.9 Å². The van der Waals surface area contributed by atoms with Crippen LogP contribution in [0.25, 0.3) is 0 Å². The van der Waals surface area contributed by atoms with E-state index in [1.807, 2.05) is 39.0 Å². The third kappa shape index (κ3) is 9.14. The zero-order valence-electron chi connectivity index (χ0n) is 27.4. The van der Waals surface area contributed by atoms with E-state index in [1.165, 1.54) is 38.3 Å². The van der Waals surface area contributed by atoms with Gasteiger partial charge in [-0.1, -0.05) is 24.3 Å². The number of carbonyl (C=O) groups excluding carboxylic acids is 5. The summed E-state index contributed by atoms with van der Waals surface area (Å²) in [6.07, 6.45) is 1.62. The number of piperidine rings is 1. The van der Waals surface area contributed by atoms with Crippen molar-refractivity contribution in [1.82, 2.24) is 15.1 Å². The van der Waals surface area contributed by atoms with Crippen LogP contribution in [0.15, 0.2) is 53.5 Å². The molecule has 0 aromatic heterocycles.